The Hall–Kier alpha value is -1.79. The number of nitrogens with one attached hydrogen (secondary N) is 1. The summed E-state index contributed by atoms with van der Waals surface area (Å²) in [5.41, 5.74) is 0.761. The van der Waals surface area contributed by atoms with Crippen LogP contribution in [0.4, 0.5) is 5.69 Å². The lowest BCUT2D eigenvalue weighted by molar-refractivity contribution is -0.120. The molecule has 0 spiro atoms. The normalized spacial score (nSPS) is 25.1. The average molecular weight is 345 g/mol. The van der Waals surface area contributed by atoms with Gasteiger partial charge in [-0.2, -0.15) is 0 Å². The number of benzene rings is 1. The lowest BCUT2D eigenvalue weighted by Crippen LogP contribution is -2.43. The number of carbonyl (C=O) groups excluding carboxylic acids is 1. The third-order valence-corrected chi connectivity index (χ3v) is 5.59. The summed E-state index contributed by atoms with van der Waals surface area (Å²) in [4.78, 5) is 17.5. The first kappa shape index (κ1) is 16.7. The van der Waals surface area contributed by atoms with Crippen LogP contribution in [-0.4, -0.2) is 67.2 Å². The van der Waals surface area contributed by atoms with Crippen LogP contribution in [0.1, 0.15) is 26.2 Å². The number of carbonyl (C=O) groups is 1. The molecule has 3 aliphatic heterocycles. The van der Waals surface area contributed by atoms with Gasteiger partial charge in [-0.05, 0) is 51.4 Å². The molecule has 6 nitrogen and oxygen atoms in total. The fourth-order valence-electron chi connectivity index (χ4n) is 4.06. The number of nitrogens with zero attached hydrogens (tertiary/aromatic N) is 2. The molecule has 1 aromatic carbocycles. The summed E-state index contributed by atoms with van der Waals surface area (Å²) >= 11 is 0. The number of hydrogen-bond acceptors (Lipinski definition) is 5. The Morgan fingerprint density at radius 3 is 2.72 bits per heavy atom. The zero-order chi connectivity index (χ0) is 17.2. The number of rotatable bonds is 4. The predicted octanol–water partition coefficient (Wildman–Crippen LogP) is 1.95. The van der Waals surface area contributed by atoms with Gasteiger partial charge in [0.25, 0.3) is 0 Å². The Bertz CT molecular complexity index is 630. The maximum Gasteiger partial charge on any atom is 0.241 e. The van der Waals surface area contributed by atoms with E-state index in [0.717, 1.165) is 24.5 Å². The summed E-state index contributed by atoms with van der Waals surface area (Å²) in [7, 11) is 0. The van der Waals surface area contributed by atoms with E-state index in [1.54, 1.807) is 0 Å². The molecule has 25 heavy (non-hydrogen) atoms. The molecule has 136 valence electrons. The van der Waals surface area contributed by atoms with Crippen molar-refractivity contribution < 1.29 is 14.3 Å². The Morgan fingerprint density at radius 1 is 1.16 bits per heavy atom. The highest BCUT2D eigenvalue weighted by Gasteiger charge is 2.33. The van der Waals surface area contributed by atoms with Crippen LogP contribution in [0, 0.1) is 0 Å². The number of fused-ring (bicyclic) bond motifs is 1. The van der Waals surface area contributed by atoms with E-state index in [4.69, 9.17) is 9.47 Å². The first-order valence-electron chi connectivity index (χ1n) is 9.39. The molecule has 2 saturated heterocycles. The van der Waals surface area contributed by atoms with Crippen molar-refractivity contribution in [2.75, 3.05) is 44.7 Å². The van der Waals surface area contributed by atoms with Crippen LogP contribution in [0.15, 0.2) is 18.2 Å². The van der Waals surface area contributed by atoms with Gasteiger partial charge in [0.2, 0.25) is 5.91 Å². The molecule has 0 radical (unpaired) electrons. The molecule has 0 aromatic heterocycles. The van der Waals surface area contributed by atoms with Gasteiger partial charge >= 0.3 is 0 Å². The molecular weight excluding hydrogens is 318 g/mol. The molecular formula is C19H27N3O3. The maximum atomic E-state index is 12.7. The Morgan fingerprint density at radius 2 is 1.92 bits per heavy atom. The molecule has 1 N–H and O–H groups in total. The highest BCUT2D eigenvalue weighted by atomic mass is 16.6. The van der Waals surface area contributed by atoms with Crippen LogP contribution in [0.2, 0.25) is 0 Å². The van der Waals surface area contributed by atoms with Crippen LogP contribution >= 0.6 is 0 Å². The van der Waals surface area contributed by atoms with Crippen molar-refractivity contribution in [2.45, 2.75) is 38.3 Å². The van der Waals surface area contributed by atoms with Crippen LogP contribution in [-0.2, 0) is 4.79 Å². The van der Waals surface area contributed by atoms with Gasteiger partial charge in [0.15, 0.2) is 11.5 Å². The predicted molar refractivity (Wildman–Crippen MR) is 96.3 cm³/mol. The van der Waals surface area contributed by atoms with Crippen LogP contribution in [0.25, 0.3) is 0 Å². The van der Waals surface area contributed by atoms with Crippen molar-refractivity contribution in [2.24, 2.45) is 0 Å². The minimum atomic E-state index is -0.124. The molecule has 0 saturated carbocycles. The zero-order valence-corrected chi connectivity index (χ0v) is 14.9. The van der Waals surface area contributed by atoms with Crippen LogP contribution in [0.3, 0.4) is 0 Å². The first-order chi connectivity index (χ1) is 12.2. The van der Waals surface area contributed by atoms with E-state index in [2.05, 4.69) is 15.1 Å². The van der Waals surface area contributed by atoms with Gasteiger partial charge < -0.3 is 14.8 Å². The zero-order valence-electron chi connectivity index (χ0n) is 14.9. The lowest BCUT2D eigenvalue weighted by atomic mass is 10.2. The van der Waals surface area contributed by atoms with E-state index in [0.29, 0.717) is 25.0 Å². The van der Waals surface area contributed by atoms with Crippen molar-refractivity contribution in [1.82, 2.24) is 9.80 Å². The lowest BCUT2D eigenvalue weighted by Gasteiger charge is -2.26. The number of likely N-dealkylation sites (tertiary alicyclic amines) is 2. The monoisotopic (exact) mass is 345 g/mol. The minimum Gasteiger partial charge on any atom is -0.486 e. The standard InChI is InChI=1S/C19H27N3O3/c1-14(22-9-6-16(13-22)21-7-2-3-8-21)19(23)20-15-4-5-17-18(12-15)25-11-10-24-17/h4-5,12,14,16H,2-3,6-11,13H2,1H3,(H,20,23). The van der Waals surface area contributed by atoms with Crippen molar-refractivity contribution in [3.05, 3.63) is 18.2 Å². The topological polar surface area (TPSA) is 54.0 Å². The van der Waals surface area contributed by atoms with Crippen molar-refractivity contribution >= 4 is 11.6 Å². The highest BCUT2D eigenvalue weighted by molar-refractivity contribution is 5.94. The molecule has 3 heterocycles. The number of ether oxygens (including phenoxy) is 2. The smallest absolute Gasteiger partial charge is 0.241 e. The second-order valence-electron chi connectivity index (χ2n) is 7.20. The molecule has 2 fully saturated rings. The number of amides is 1. The van der Waals surface area contributed by atoms with E-state index < -0.39 is 0 Å². The first-order valence-corrected chi connectivity index (χ1v) is 9.39. The summed E-state index contributed by atoms with van der Waals surface area (Å²) in [6, 6.07) is 6.06. The molecule has 2 atom stereocenters. The third kappa shape index (κ3) is 3.60. The second-order valence-corrected chi connectivity index (χ2v) is 7.20. The van der Waals surface area contributed by atoms with Crippen LogP contribution < -0.4 is 14.8 Å². The molecule has 1 aromatic rings. The number of anilines is 1. The summed E-state index contributed by atoms with van der Waals surface area (Å²) < 4.78 is 11.1. The number of hydrogen-bond donors (Lipinski definition) is 1. The maximum absolute atomic E-state index is 12.7. The summed E-state index contributed by atoms with van der Waals surface area (Å²) in [6.07, 6.45) is 3.80. The van der Waals surface area contributed by atoms with Gasteiger partial charge in [0, 0.05) is 30.9 Å². The average Bonchev–Trinajstić information content (AvgIpc) is 3.32. The molecule has 3 aliphatic rings. The van der Waals surface area contributed by atoms with Gasteiger partial charge in [-0.25, -0.2) is 0 Å². The third-order valence-electron chi connectivity index (χ3n) is 5.59. The fourth-order valence-corrected chi connectivity index (χ4v) is 4.06. The van der Waals surface area contributed by atoms with E-state index in [1.165, 1.54) is 32.4 Å². The Balaban J connectivity index is 1.34. The largest absolute Gasteiger partial charge is 0.486 e. The highest BCUT2D eigenvalue weighted by Crippen LogP contribution is 2.32. The van der Waals surface area contributed by atoms with Gasteiger partial charge in [0.05, 0.1) is 6.04 Å². The van der Waals surface area contributed by atoms with Crippen molar-refractivity contribution in [1.29, 1.82) is 0 Å². The Labute approximate surface area is 149 Å². The van der Waals surface area contributed by atoms with Gasteiger partial charge in [-0.15, -0.1) is 0 Å². The summed E-state index contributed by atoms with van der Waals surface area (Å²) in [6.45, 7) is 7.55. The van der Waals surface area contributed by atoms with E-state index in [9.17, 15) is 4.79 Å². The molecule has 0 aliphatic carbocycles. The van der Waals surface area contributed by atoms with E-state index in [-0.39, 0.29) is 11.9 Å². The fraction of sp³-hybridized carbons (Fsp3) is 0.632. The second kappa shape index (κ2) is 7.22. The minimum absolute atomic E-state index is 0.0405. The van der Waals surface area contributed by atoms with Crippen molar-refractivity contribution in [3.8, 4) is 11.5 Å². The molecule has 0 bridgehead atoms. The van der Waals surface area contributed by atoms with E-state index in [1.807, 2.05) is 25.1 Å². The van der Waals surface area contributed by atoms with Gasteiger partial charge in [0.1, 0.15) is 13.2 Å². The van der Waals surface area contributed by atoms with Crippen molar-refractivity contribution in [3.63, 3.8) is 0 Å². The molecule has 6 heteroatoms. The van der Waals surface area contributed by atoms with E-state index >= 15 is 0 Å². The molecule has 4 rings (SSSR count). The van der Waals surface area contributed by atoms with Gasteiger partial charge in [-0.1, -0.05) is 0 Å². The summed E-state index contributed by atoms with van der Waals surface area (Å²) in [5, 5.41) is 3.02. The summed E-state index contributed by atoms with van der Waals surface area (Å²) in [5.74, 6) is 1.48. The quantitative estimate of drug-likeness (QED) is 0.904. The molecule has 1 amide bonds. The Kier molecular flexibility index (Phi) is 4.81. The SMILES string of the molecule is CC(C(=O)Nc1ccc2c(c1)OCCO2)N1CCC(N2CCCC2)C1. The van der Waals surface area contributed by atoms with Crippen LogP contribution in [0.5, 0.6) is 11.5 Å². The van der Waals surface area contributed by atoms with Gasteiger partial charge in [-0.3, -0.25) is 14.6 Å². The molecule has 2 unspecified atom stereocenters.